The maximum atomic E-state index is 13.0. The number of rotatable bonds is 5. The Morgan fingerprint density at radius 2 is 1.81 bits per heavy atom. The second-order valence-corrected chi connectivity index (χ2v) is 8.36. The summed E-state index contributed by atoms with van der Waals surface area (Å²) in [6.07, 6.45) is 2.56. The molecule has 26 heavy (non-hydrogen) atoms. The molecule has 2 heterocycles. The second kappa shape index (κ2) is 8.05. The standard InChI is InChI=1S/C19H26N4O2S/c1-3-23(17-8-5-4-6-9-17)26(24,25)18-10-11-19(20-16-18)22-13-7-12-21(2)14-15-22/h4-6,8-11,16H,3,7,12-15H2,1-2H3. The van der Waals surface area contributed by atoms with Crippen molar-refractivity contribution in [3.8, 4) is 0 Å². The van der Waals surface area contributed by atoms with Crippen LogP contribution in [0.3, 0.4) is 0 Å². The summed E-state index contributed by atoms with van der Waals surface area (Å²) in [6, 6.07) is 12.6. The van der Waals surface area contributed by atoms with E-state index in [4.69, 9.17) is 0 Å². The number of anilines is 2. The summed E-state index contributed by atoms with van der Waals surface area (Å²) in [6.45, 7) is 6.10. The van der Waals surface area contributed by atoms with Crippen LogP contribution in [0.15, 0.2) is 53.6 Å². The van der Waals surface area contributed by atoms with Crippen molar-refractivity contribution in [2.45, 2.75) is 18.2 Å². The van der Waals surface area contributed by atoms with E-state index in [0.29, 0.717) is 12.2 Å². The number of benzene rings is 1. The first-order valence-corrected chi connectivity index (χ1v) is 10.4. The molecule has 2 aromatic rings. The molecule has 0 N–H and O–H groups in total. The molecule has 0 bridgehead atoms. The number of nitrogens with zero attached hydrogens (tertiary/aromatic N) is 4. The fraction of sp³-hybridized carbons (Fsp3) is 0.421. The van der Waals surface area contributed by atoms with E-state index >= 15 is 0 Å². The molecule has 0 unspecified atom stereocenters. The third kappa shape index (κ3) is 3.99. The summed E-state index contributed by atoms with van der Waals surface area (Å²) in [4.78, 5) is 9.19. The third-order valence-electron chi connectivity index (χ3n) is 4.68. The summed E-state index contributed by atoms with van der Waals surface area (Å²) in [5.41, 5.74) is 0.662. The topological polar surface area (TPSA) is 56.8 Å². The Kier molecular flexibility index (Phi) is 5.78. The van der Waals surface area contributed by atoms with Crippen LogP contribution >= 0.6 is 0 Å². The molecule has 1 aliphatic rings. The number of likely N-dealkylation sites (N-methyl/N-ethyl adjacent to an activating group) is 1. The van der Waals surface area contributed by atoms with Crippen molar-refractivity contribution in [2.75, 3.05) is 49.0 Å². The van der Waals surface area contributed by atoms with Crippen molar-refractivity contribution >= 4 is 21.5 Å². The fourth-order valence-electron chi connectivity index (χ4n) is 3.20. The van der Waals surface area contributed by atoms with Crippen molar-refractivity contribution in [3.05, 3.63) is 48.7 Å². The average molecular weight is 375 g/mol. The van der Waals surface area contributed by atoms with Crippen LogP contribution in [-0.4, -0.2) is 58.1 Å². The smallest absolute Gasteiger partial charge is 0.265 e. The highest BCUT2D eigenvalue weighted by atomic mass is 32.2. The summed E-state index contributed by atoms with van der Waals surface area (Å²) in [7, 11) is -1.50. The van der Waals surface area contributed by atoms with Crippen LogP contribution in [0.2, 0.25) is 0 Å². The maximum absolute atomic E-state index is 13.0. The van der Waals surface area contributed by atoms with Gasteiger partial charge in [0.05, 0.1) is 5.69 Å². The van der Waals surface area contributed by atoms with Crippen LogP contribution in [0.4, 0.5) is 11.5 Å². The van der Waals surface area contributed by atoms with Gasteiger partial charge < -0.3 is 9.80 Å². The molecule has 3 rings (SSSR count). The number of sulfonamides is 1. The molecule has 0 radical (unpaired) electrons. The molecule has 1 saturated heterocycles. The molecule has 1 fully saturated rings. The van der Waals surface area contributed by atoms with Crippen LogP contribution < -0.4 is 9.21 Å². The van der Waals surface area contributed by atoms with E-state index in [-0.39, 0.29) is 4.90 Å². The lowest BCUT2D eigenvalue weighted by atomic mass is 10.3. The Hall–Kier alpha value is -2.12. The maximum Gasteiger partial charge on any atom is 0.265 e. The number of hydrogen-bond acceptors (Lipinski definition) is 5. The fourth-order valence-corrected chi connectivity index (χ4v) is 4.62. The second-order valence-electron chi connectivity index (χ2n) is 6.50. The molecular formula is C19H26N4O2S. The molecule has 0 aliphatic carbocycles. The summed E-state index contributed by atoms with van der Waals surface area (Å²) in [5, 5.41) is 0. The van der Waals surface area contributed by atoms with Crippen LogP contribution in [0.5, 0.6) is 0 Å². The Labute approximate surface area is 156 Å². The Bertz CT molecular complexity index is 809. The van der Waals surface area contributed by atoms with Gasteiger partial charge in [-0.1, -0.05) is 18.2 Å². The molecule has 1 aliphatic heterocycles. The summed E-state index contributed by atoms with van der Waals surface area (Å²) < 4.78 is 27.4. The van der Waals surface area contributed by atoms with Crippen molar-refractivity contribution in [1.82, 2.24) is 9.88 Å². The zero-order chi connectivity index (χ0) is 18.6. The monoisotopic (exact) mass is 374 g/mol. The van der Waals surface area contributed by atoms with Gasteiger partial charge in [0.1, 0.15) is 10.7 Å². The van der Waals surface area contributed by atoms with Crippen LogP contribution in [0.1, 0.15) is 13.3 Å². The Balaban J connectivity index is 1.82. The molecule has 1 aromatic heterocycles. The first-order valence-electron chi connectivity index (χ1n) is 8.99. The van der Waals surface area contributed by atoms with Gasteiger partial charge in [-0.05, 0) is 51.2 Å². The van der Waals surface area contributed by atoms with Gasteiger partial charge >= 0.3 is 0 Å². The highest BCUT2D eigenvalue weighted by molar-refractivity contribution is 7.92. The van der Waals surface area contributed by atoms with Crippen molar-refractivity contribution in [3.63, 3.8) is 0 Å². The third-order valence-corrected chi connectivity index (χ3v) is 6.57. The number of pyridine rings is 1. The van der Waals surface area contributed by atoms with Crippen LogP contribution in [-0.2, 0) is 10.0 Å². The van der Waals surface area contributed by atoms with Gasteiger partial charge in [-0.25, -0.2) is 13.4 Å². The van der Waals surface area contributed by atoms with Gasteiger partial charge in [-0.2, -0.15) is 0 Å². The van der Waals surface area contributed by atoms with Crippen molar-refractivity contribution < 1.29 is 8.42 Å². The van der Waals surface area contributed by atoms with E-state index in [2.05, 4.69) is 21.8 Å². The van der Waals surface area contributed by atoms with Gasteiger partial charge in [0, 0.05) is 32.4 Å². The van der Waals surface area contributed by atoms with Crippen LogP contribution in [0, 0.1) is 0 Å². The molecule has 1 aromatic carbocycles. The van der Waals surface area contributed by atoms with E-state index in [1.807, 2.05) is 31.2 Å². The zero-order valence-corrected chi connectivity index (χ0v) is 16.2. The average Bonchev–Trinajstić information content (AvgIpc) is 2.88. The number of aromatic nitrogens is 1. The zero-order valence-electron chi connectivity index (χ0n) is 15.4. The largest absolute Gasteiger partial charge is 0.355 e. The van der Waals surface area contributed by atoms with Gasteiger partial charge in [0.2, 0.25) is 0 Å². The van der Waals surface area contributed by atoms with Gasteiger partial charge in [0.25, 0.3) is 10.0 Å². The predicted molar refractivity (Wildman–Crippen MR) is 105 cm³/mol. The molecule has 0 saturated carbocycles. The molecular weight excluding hydrogens is 348 g/mol. The first kappa shape index (κ1) is 18.7. The minimum absolute atomic E-state index is 0.221. The van der Waals surface area contributed by atoms with Gasteiger partial charge in [-0.3, -0.25) is 4.31 Å². The quantitative estimate of drug-likeness (QED) is 0.805. The minimum atomic E-state index is -3.62. The van der Waals surface area contributed by atoms with E-state index in [0.717, 1.165) is 38.4 Å². The summed E-state index contributed by atoms with van der Waals surface area (Å²) >= 11 is 0. The molecule has 0 spiro atoms. The lowest BCUT2D eigenvalue weighted by molar-refractivity contribution is 0.360. The first-order chi connectivity index (χ1) is 12.5. The van der Waals surface area contributed by atoms with E-state index in [9.17, 15) is 8.42 Å². The van der Waals surface area contributed by atoms with E-state index < -0.39 is 10.0 Å². The molecule has 7 heteroatoms. The van der Waals surface area contributed by atoms with Gasteiger partial charge in [-0.15, -0.1) is 0 Å². The Morgan fingerprint density at radius 1 is 1.04 bits per heavy atom. The van der Waals surface area contributed by atoms with E-state index in [1.165, 1.54) is 10.5 Å². The summed E-state index contributed by atoms with van der Waals surface area (Å²) in [5.74, 6) is 0.835. The predicted octanol–water partition coefficient (Wildman–Crippen LogP) is 2.44. The van der Waals surface area contributed by atoms with Crippen molar-refractivity contribution in [1.29, 1.82) is 0 Å². The lowest BCUT2D eigenvalue weighted by Gasteiger charge is -2.24. The normalized spacial score (nSPS) is 16.3. The minimum Gasteiger partial charge on any atom is -0.355 e. The molecule has 0 amide bonds. The number of para-hydroxylation sites is 1. The SMILES string of the molecule is CCN(c1ccccc1)S(=O)(=O)c1ccc(N2CCCN(C)CC2)nc1. The molecule has 140 valence electrons. The molecule has 6 nitrogen and oxygen atoms in total. The highest BCUT2D eigenvalue weighted by Crippen LogP contribution is 2.24. The Morgan fingerprint density at radius 3 is 2.46 bits per heavy atom. The van der Waals surface area contributed by atoms with E-state index in [1.54, 1.807) is 18.2 Å². The van der Waals surface area contributed by atoms with Gasteiger partial charge in [0.15, 0.2) is 0 Å². The molecule has 0 atom stereocenters. The lowest BCUT2D eigenvalue weighted by Crippen LogP contribution is -2.31. The number of hydrogen-bond donors (Lipinski definition) is 0. The highest BCUT2D eigenvalue weighted by Gasteiger charge is 2.24. The van der Waals surface area contributed by atoms with Crippen LogP contribution in [0.25, 0.3) is 0 Å². The van der Waals surface area contributed by atoms with Crippen molar-refractivity contribution in [2.24, 2.45) is 0 Å².